The third kappa shape index (κ3) is 3.16. The Morgan fingerprint density at radius 2 is 1.65 bits per heavy atom. The smallest absolute Gasteiger partial charge is 0.195 e. The Kier molecular flexibility index (Phi) is 4.36. The van der Waals surface area contributed by atoms with E-state index in [-0.39, 0.29) is 5.78 Å². The molecule has 0 spiro atoms. The van der Waals surface area contributed by atoms with Gasteiger partial charge in [-0.1, -0.05) is 60.7 Å². The molecule has 0 radical (unpaired) electrons. The predicted molar refractivity (Wildman–Crippen MR) is 102 cm³/mol. The summed E-state index contributed by atoms with van der Waals surface area (Å²) < 4.78 is 15.6. The lowest BCUT2D eigenvalue weighted by atomic mass is 10.0. The van der Waals surface area contributed by atoms with Crippen molar-refractivity contribution >= 4 is 16.7 Å². The molecular formula is C23H18FNO. The zero-order valence-electron chi connectivity index (χ0n) is 14.2. The van der Waals surface area contributed by atoms with Crippen LogP contribution in [0.2, 0.25) is 0 Å². The van der Waals surface area contributed by atoms with Crippen LogP contribution in [-0.2, 0) is 13.0 Å². The first-order valence-corrected chi connectivity index (χ1v) is 8.64. The maximum atomic E-state index is 13.5. The SMILES string of the molecule is O=C(c1cccc(F)c1)c1cn(CCc2ccccc2)c2ccccc12. The summed E-state index contributed by atoms with van der Waals surface area (Å²) in [4.78, 5) is 12.9. The van der Waals surface area contributed by atoms with Gasteiger partial charge in [0, 0.05) is 34.8 Å². The third-order valence-corrected chi connectivity index (χ3v) is 4.60. The molecule has 4 aromatic rings. The van der Waals surface area contributed by atoms with Crippen LogP contribution in [0.5, 0.6) is 0 Å². The molecule has 0 aliphatic carbocycles. The highest BCUT2D eigenvalue weighted by Crippen LogP contribution is 2.24. The topological polar surface area (TPSA) is 22.0 Å². The van der Waals surface area contributed by atoms with E-state index in [4.69, 9.17) is 0 Å². The highest BCUT2D eigenvalue weighted by atomic mass is 19.1. The highest BCUT2D eigenvalue weighted by molar-refractivity contribution is 6.16. The summed E-state index contributed by atoms with van der Waals surface area (Å²) in [6, 6.07) is 24.0. The summed E-state index contributed by atoms with van der Waals surface area (Å²) >= 11 is 0. The summed E-state index contributed by atoms with van der Waals surface area (Å²) in [6.07, 6.45) is 2.77. The number of carbonyl (C=O) groups is 1. The van der Waals surface area contributed by atoms with Gasteiger partial charge >= 0.3 is 0 Å². The van der Waals surface area contributed by atoms with Gasteiger partial charge in [-0.2, -0.15) is 0 Å². The highest BCUT2D eigenvalue weighted by Gasteiger charge is 2.17. The zero-order chi connectivity index (χ0) is 17.9. The molecule has 0 unspecified atom stereocenters. The Balaban J connectivity index is 1.71. The van der Waals surface area contributed by atoms with Crippen molar-refractivity contribution in [3.05, 3.63) is 108 Å². The number of aryl methyl sites for hydroxylation is 2. The van der Waals surface area contributed by atoms with Gasteiger partial charge in [-0.05, 0) is 30.2 Å². The van der Waals surface area contributed by atoms with Gasteiger partial charge in [0.25, 0.3) is 0 Å². The molecule has 0 aliphatic rings. The number of para-hydroxylation sites is 1. The second-order valence-corrected chi connectivity index (χ2v) is 6.33. The molecule has 3 heteroatoms. The molecule has 0 fully saturated rings. The average molecular weight is 343 g/mol. The number of nitrogens with zero attached hydrogens (tertiary/aromatic N) is 1. The number of fused-ring (bicyclic) bond motifs is 1. The lowest BCUT2D eigenvalue weighted by Crippen LogP contribution is -2.02. The molecule has 0 N–H and O–H groups in total. The monoisotopic (exact) mass is 343 g/mol. The summed E-state index contributed by atoms with van der Waals surface area (Å²) in [6.45, 7) is 0.779. The van der Waals surface area contributed by atoms with Gasteiger partial charge in [-0.15, -0.1) is 0 Å². The Morgan fingerprint density at radius 3 is 2.46 bits per heavy atom. The van der Waals surface area contributed by atoms with Crippen molar-refractivity contribution in [3.63, 3.8) is 0 Å². The van der Waals surface area contributed by atoms with Crippen LogP contribution in [0.25, 0.3) is 10.9 Å². The minimum Gasteiger partial charge on any atom is -0.346 e. The molecule has 128 valence electrons. The van der Waals surface area contributed by atoms with Crippen LogP contribution in [0.15, 0.2) is 85.1 Å². The van der Waals surface area contributed by atoms with Crippen LogP contribution in [0, 0.1) is 5.82 Å². The number of carbonyl (C=O) groups excluding carboxylic acids is 1. The largest absolute Gasteiger partial charge is 0.346 e. The fourth-order valence-corrected chi connectivity index (χ4v) is 3.29. The lowest BCUT2D eigenvalue weighted by molar-refractivity contribution is 0.103. The van der Waals surface area contributed by atoms with Crippen molar-refractivity contribution in [2.24, 2.45) is 0 Å². The first-order chi connectivity index (χ1) is 12.7. The second-order valence-electron chi connectivity index (χ2n) is 6.33. The van der Waals surface area contributed by atoms with E-state index in [1.165, 1.54) is 17.7 Å². The molecule has 26 heavy (non-hydrogen) atoms. The van der Waals surface area contributed by atoms with Gasteiger partial charge in [0.05, 0.1) is 0 Å². The summed E-state index contributed by atoms with van der Waals surface area (Å²) in [5.41, 5.74) is 3.25. The number of aromatic nitrogens is 1. The summed E-state index contributed by atoms with van der Waals surface area (Å²) in [5, 5.41) is 0.898. The van der Waals surface area contributed by atoms with Crippen LogP contribution in [-0.4, -0.2) is 10.4 Å². The van der Waals surface area contributed by atoms with E-state index in [0.29, 0.717) is 11.1 Å². The van der Waals surface area contributed by atoms with Crippen molar-refractivity contribution in [1.82, 2.24) is 4.57 Å². The number of hydrogen-bond acceptors (Lipinski definition) is 1. The fourth-order valence-electron chi connectivity index (χ4n) is 3.29. The summed E-state index contributed by atoms with van der Waals surface area (Å²) in [5.74, 6) is -0.553. The number of hydrogen-bond donors (Lipinski definition) is 0. The number of benzene rings is 3. The molecule has 1 heterocycles. The van der Waals surface area contributed by atoms with Crippen molar-refractivity contribution < 1.29 is 9.18 Å². The molecule has 0 aliphatic heterocycles. The van der Waals surface area contributed by atoms with Gasteiger partial charge in [0.15, 0.2) is 5.78 Å². The Labute approximate surface area is 151 Å². The zero-order valence-corrected chi connectivity index (χ0v) is 14.2. The Hall–Kier alpha value is -3.20. The molecule has 2 nitrogen and oxygen atoms in total. The lowest BCUT2D eigenvalue weighted by Gasteiger charge is -2.05. The summed E-state index contributed by atoms with van der Waals surface area (Å²) in [7, 11) is 0. The van der Waals surface area contributed by atoms with Gasteiger partial charge in [-0.25, -0.2) is 4.39 Å². The molecule has 1 aromatic heterocycles. The molecule has 0 saturated carbocycles. The van der Waals surface area contributed by atoms with Gasteiger partial charge in [0.2, 0.25) is 0 Å². The standard InChI is InChI=1S/C23H18FNO/c24-19-10-6-9-18(15-19)23(26)21-16-25(22-12-5-4-11-20(21)22)14-13-17-7-2-1-3-8-17/h1-12,15-16H,13-14H2. The maximum Gasteiger partial charge on any atom is 0.195 e. The van der Waals surface area contributed by atoms with Crippen molar-refractivity contribution in [2.75, 3.05) is 0 Å². The van der Waals surface area contributed by atoms with E-state index in [0.717, 1.165) is 23.9 Å². The minimum atomic E-state index is -0.399. The first kappa shape index (κ1) is 16.3. The minimum absolute atomic E-state index is 0.154. The van der Waals surface area contributed by atoms with Gasteiger partial charge in [-0.3, -0.25) is 4.79 Å². The van der Waals surface area contributed by atoms with Crippen LogP contribution < -0.4 is 0 Å². The maximum absolute atomic E-state index is 13.5. The Morgan fingerprint density at radius 1 is 0.885 bits per heavy atom. The molecule has 0 saturated heterocycles. The van der Waals surface area contributed by atoms with Crippen LogP contribution in [0.3, 0.4) is 0 Å². The Bertz CT molecular complexity index is 1070. The van der Waals surface area contributed by atoms with E-state index in [1.807, 2.05) is 48.7 Å². The van der Waals surface area contributed by atoms with Crippen LogP contribution in [0.1, 0.15) is 21.5 Å². The van der Waals surface area contributed by atoms with Gasteiger partial charge < -0.3 is 4.57 Å². The predicted octanol–water partition coefficient (Wildman–Crippen LogP) is 5.25. The van der Waals surface area contributed by atoms with Crippen LogP contribution >= 0.6 is 0 Å². The fraction of sp³-hybridized carbons (Fsp3) is 0.0870. The number of rotatable bonds is 5. The molecular weight excluding hydrogens is 325 g/mol. The van der Waals surface area contributed by atoms with E-state index in [9.17, 15) is 9.18 Å². The molecule has 0 atom stereocenters. The number of ketones is 1. The van der Waals surface area contributed by atoms with Gasteiger partial charge in [0.1, 0.15) is 5.82 Å². The third-order valence-electron chi connectivity index (χ3n) is 4.60. The second kappa shape index (κ2) is 6.96. The van der Waals surface area contributed by atoms with E-state index >= 15 is 0 Å². The number of halogens is 1. The van der Waals surface area contributed by atoms with Crippen molar-refractivity contribution in [2.45, 2.75) is 13.0 Å². The van der Waals surface area contributed by atoms with Crippen LogP contribution in [0.4, 0.5) is 4.39 Å². The normalized spacial score (nSPS) is 11.0. The quantitative estimate of drug-likeness (QED) is 0.453. The molecule has 0 bridgehead atoms. The van der Waals surface area contributed by atoms with E-state index in [1.54, 1.807) is 12.1 Å². The van der Waals surface area contributed by atoms with Crippen molar-refractivity contribution in [3.8, 4) is 0 Å². The molecule has 0 amide bonds. The van der Waals surface area contributed by atoms with Crippen molar-refractivity contribution in [1.29, 1.82) is 0 Å². The molecule has 4 rings (SSSR count). The first-order valence-electron chi connectivity index (χ1n) is 8.64. The average Bonchev–Trinajstić information content (AvgIpc) is 3.05. The molecule has 3 aromatic carbocycles. The van der Waals surface area contributed by atoms with E-state index < -0.39 is 5.82 Å². The van der Waals surface area contributed by atoms with E-state index in [2.05, 4.69) is 16.7 Å².